The molecule has 0 aliphatic heterocycles. The van der Waals surface area contributed by atoms with Crippen LogP contribution in [0.4, 0.5) is 0 Å². The molecule has 2 rings (SSSR count). The molecular formula is C17H18ClNO5. The van der Waals surface area contributed by atoms with Crippen LogP contribution in [0.25, 0.3) is 0 Å². The van der Waals surface area contributed by atoms with Crippen LogP contribution in [-0.4, -0.2) is 35.5 Å². The van der Waals surface area contributed by atoms with E-state index in [1.165, 1.54) is 11.0 Å². The normalized spacial score (nSPS) is 10.5. The molecule has 0 aliphatic rings. The molecule has 0 bridgehead atoms. The largest absolute Gasteiger partial charge is 0.493 e. The highest BCUT2D eigenvalue weighted by Gasteiger charge is 2.20. The van der Waals surface area contributed by atoms with Crippen molar-refractivity contribution >= 4 is 23.5 Å². The van der Waals surface area contributed by atoms with Gasteiger partial charge in [-0.2, -0.15) is 0 Å². The van der Waals surface area contributed by atoms with Gasteiger partial charge in [0.1, 0.15) is 22.8 Å². The van der Waals surface area contributed by atoms with Crippen molar-refractivity contribution in [1.29, 1.82) is 0 Å². The van der Waals surface area contributed by atoms with E-state index in [1.54, 1.807) is 32.2 Å². The second kappa shape index (κ2) is 7.40. The van der Waals surface area contributed by atoms with E-state index in [2.05, 4.69) is 0 Å². The van der Waals surface area contributed by atoms with Crippen LogP contribution >= 0.6 is 11.6 Å². The third kappa shape index (κ3) is 3.89. The predicted molar refractivity (Wildman–Crippen MR) is 88.8 cm³/mol. The lowest BCUT2D eigenvalue weighted by molar-refractivity contribution is 0.0694. The van der Waals surface area contributed by atoms with E-state index >= 15 is 0 Å². The fourth-order valence-electron chi connectivity index (χ4n) is 2.29. The summed E-state index contributed by atoms with van der Waals surface area (Å²) in [5.41, 5.74) is 0.470. The summed E-state index contributed by atoms with van der Waals surface area (Å²) >= 11 is 5.94. The van der Waals surface area contributed by atoms with Gasteiger partial charge in [-0.1, -0.05) is 11.6 Å². The minimum atomic E-state index is -1.06. The third-order valence-electron chi connectivity index (χ3n) is 3.41. The Labute approximate surface area is 144 Å². The van der Waals surface area contributed by atoms with Gasteiger partial charge >= 0.3 is 5.97 Å². The topological polar surface area (TPSA) is 80.0 Å². The molecule has 24 heavy (non-hydrogen) atoms. The zero-order valence-electron chi connectivity index (χ0n) is 13.6. The number of carbonyl (C=O) groups is 2. The number of benzene rings is 1. The number of hydrogen-bond acceptors (Lipinski definition) is 4. The molecule has 1 amide bonds. The highest BCUT2D eigenvalue weighted by Crippen LogP contribution is 2.25. The molecule has 1 aromatic heterocycles. The van der Waals surface area contributed by atoms with Gasteiger partial charge in [-0.05, 0) is 38.1 Å². The number of rotatable bonds is 6. The SMILES string of the molecule is CCOc1cc(Cl)ccc1C(=O)N(C)Cc1cc(C(=O)O)c(C)o1. The van der Waals surface area contributed by atoms with E-state index < -0.39 is 5.97 Å². The van der Waals surface area contributed by atoms with Gasteiger partial charge < -0.3 is 19.2 Å². The Hall–Kier alpha value is -2.47. The molecule has 0 saturated heterocycles. The van der Waals surface area contributed by atoms with Crippen LogP contribution in [0.1, 0.15) is 39.2 Å². The van der Waals surface area contributed by atoms with Gasteiger partial charge in [0, 0.05) is 12.1 Å². The van der Waals surface area contributed by atoms with Gasteiger partial charge in [0.2, 0.25) is 0 Å². The summed E-state index contributed by atoms with van der Waals surface area (Å²) in [7, 11) is 1.60. The fraction of sp³-hybridized carbons (Fsp3) is 0.294. The number of nitrogens with zero attached hydrogens (tertiary/aromatic N) is 1. The number of halogens is 1. The summed E-state index contributed by atoms with van der Waals surface area (Å²) in [5, 5.41) is 9.53. The van der Waals surface area contributed by atoms with E-state index in [0.717, 1.165) is 0 Å². The Kier molecular flexibility index (Phi) is 5.51. The van der Waals surface area contributed by atoms with Crippen molar-refractivity contribution in [2.75, 3.05) is 13.7 Å². The Balaban J connectivity index is 2.21. The third-order valence-corrected chi connectivity index (χ3v) is 3.65. The lowest BCUT2D eigenvalue weighted by Crippen LogP contribution is -2.26. The number of aromatic carboxylic acids is 1. The first-order valence-electron chi connectivity index (χ1n) is 7.33. The first-order chi connectivity index (χ1) is 11.3. The molecule has 0 aliphatic carbocycles. The van der Waals surface area contributed by atoms with E-state index in [0.29, 0.717) is 34.5 Å². The Morgan fingerprint density at radius 1 is 1.29 bits per heavy atom. The maximum Gasteiger partial charge on any atom is 0.339 e. The quantitative estimate of drug-likeness (QED) is 0.859. The summed E-state index contributed by atoms with van der Waals surface area (Å²) in [6.07, 6.45) is 0. The standard InChI is InChI=1S/C17H18ClNO5/c1-4-23-15-7-11(18)5-6-13(15)16(20)19(3)9-12-8-14(17(21)22)10(2)24-12/h5-8H,4,9H2,1-3H3,(H,21,22). The molecule has 0 radical (unpaired) electrons. The molecule has 1 N–H and O–H groups in total. The molecule has 7 heteroatoms. The molecule has 0 unspecified atom stereocenters. The summed E-state index contributed by atoms with van der Waals surface area (Å²) in [6, 6.07) is 6.23. The van der Waals surface area contributed by atoms with Crippen molar-refractivity contribution in [3.8, 4) is 5.75 Å². The van der Waals surface area contributed by atoms with E-state index in [9.17, 15) is 9.59 Å². The first kappa shape index (κ1) is 17.9. The monoisotopic (exact) mass is 351 g/mol. The average molecular weight is 352 g/mol. The van der Waals surface area contributed by atoms with Crippen molar-refractivity contribution in [3.63, 3.8) is 0 Å². The smallest absolute Gasteiger partial charge is 0.339 e. The number of carboxylic acid groups (broad SMARTS) is 1. The summed E-state index contributed by atoms with van der Waals surface area (Å²) in [6.45, 7) is 3.93. The molecule has 2 aromatic rings. The van der Waals surface area contributed by atoms with Crippen molar-refractivity contribution in [2.24, 2.45) is 0 Å². The first-order valence-corrected chi connectivity index (χ1v) is 7.71. The van der Waals surface area contributed by atoms with Crippen molar-refractivity contribution < 1.29 is 23.8 Å². The van der Waals surface area contributed by atoms with Crippen molar-refractivity contribution in [3.05, 3.63) is 51.9 Å². The maximum atomic E-state index is 12.6. The number of hydrogen-bond donors (Lipinski definition) is 1. The molecule has 0 atom stereocenters. The summed E-state index contributed by atoms with van der Waals surface area (Å²) in [5.74, 6) is -0.231. The molecule has 0 fully saturated rings. The Bertz CT molecular complexity index is 768. The average Bonchev–Trinajstić information content (AvgIpc) is 2.88. The number of carbonyl (C=O) groups excluding carboxylic acids is 1. The van der Waals surface area contributed by atoms with Crippen molar-refractivity contribution in [2.45, 2.75) is 20.4 Å². The molecular weight excluding hydrogens is 334 g/mol. The molecule has 0 saturated carbocycles. The van der Waals surface area contributed by atoms with Crippen molar-refractivity contribution in [1.82, 2.24) is 4.90 Å². The summed E-state index contributed by atoms with van der Waals surface area (Å²) in [4.78, 5) is 25.1. The minimum absolute atomic E-state index is 0.0901. The lowest BCUT2D eigenvalue weighted by Gasteiger charge is -2.18. The number of amides is 1. The Morgan fingerprint density at radius 2 is 2.00 bits per heavy atom. The maximum absolute atomic E-state index is 12.6. The highest BCUT2D eigenvalue weighted by atomic mass is 35.5. The zero-order chi connectivity index (χ0) is 17.9. The van der Waals surface area contributed by atoms with Crippen LogP contribution in [0.2, 0.25) is 5.02 Å². The van der Waals surface area contributed by atoms with Crippen LogP contribution in [0.5, 0.6) is 5.75 Å². The Morgan fingerprint density at radius 3 is 2.58 bits per heavy atom. The fourth-order valence-corrected chi connectivity index (χ4v) is 2.45. The van der Waals surface area contributed by atoms with Gasteiger partial charge in [0.15, 0.2) is 0 Å². The number of furan rings is 1. The van der Waals surface area contributed by atoms with Gasteiger partial charge in [-0.3, -0.25) is 4.79 Å². The number of carboxylic acids is 1. The molecule has 6 nitrogen and oxygen atoms in total. The molecule has 1 aromatic carbocycles. The van der Waals surface area contributed by atoms with E-state index in [1.807, 2.05) is 6.92 Å². The minimum Gasteiger partial charge on any atom is -0.493 e. The number of aryl methyl sites for hydroxylation is 1. The van der Waals surface area contributed by atoms with Gasteiger partial charge in [0.05, 0.1) is 18.7 Å². The van der Waals surface area contributed by atoms with Gasteiger partial charge in [0.25, 0.3) is 5.91 Å². The lowest BCUT2D eigenvalue weighted by atomic mass is 10.1. The van der Waals surface area contributed by atoms with Crippen LogP contribution in [0.3, 0.4) is 0 Å². The molecule has 128 valence electrons. The van der Waals surface area contributed by atoms with E-state index in [4.69, 9.17) is 25.9 Å². The molecule has 1 heterocycles. The second-order valence-corrected chi connectivity index (χ2v) is 5.66. The van der Waals surface area contributed by atoms with Crippen LogP contribution in [-0.2, 0) is 6.54 Å². The second-order valence-electron chi connectivity index (χ2n) is 5.22. The van der Waals surface area contributed by atoms with Gasteiger partial charge in [-0.25, -0.2) is 4.79 Å². The zero-order valence-corrected chi connectivity index (χ0v) is 14.4. The van der Waals surface area contributed by atoms with E-state index in [-0.39, 0.29) is 18.0 Å². The van der Waals surface area contributed by atoms with Crippen LogP contribution in [0, 0.1) is 6.92 Å². The number of ether oxygens (including phenoxy) is 1. The van der Waals surface area contributed by atoms with Crippen LogP contribution < -0.4 is 4.74 Å². The van der Waals surface area contributed by atoms with Crippen LogP contribution in [0.15, 0.2) is 28.7 Å². The summed E-state index contributed by atoms with van der Waals surface area (Å²) < 4.78 is 10.9. The van der Waals surface area contributed by atoms with Gasteiger partial charge in [-0.15, -0.1) is 0 Å². The predicted octanol–water partition coefficient (Wildman–Crippen LogP) is 3.61. The highest BCUT2D eigenvalue weighted by molar-refractivity contribution is 6.30. The molecule has 0 spiro atoms.